The van der Waals surface area contributed by atoms with Crippen molar-refractivity contribution >= 4 is 17.9 Å². The van der Waals surface area contributed by atoms with E-state index in [1.807, 2.05) is 0 Å². The molecule has 0 aromatic rings. The van der Waals surface area contributed by atoms with Crippen molar-refractivity contribution in [1.29, 1.82) is 0 Å². The molecule has 0 saturated heterocycles. The molecule has 30 heavy (non-hydrogen) atoms. The van der Waals surface area contributed by atoms with Crippen LogP contribution >= 0.6 is 0 Å². The van der Waals surface area contributed by atoms with Gasteiger partial charge in [0.25, 0.3) is 0 Å². The van der Waals surface area contributed by atoms with Gasteiger partial charge in [0.2, 0.25) is 0 Å². The lowest BCUT2D eigenvalue weighted by Crippen LogP contribution is -2.24. The zero-order valence-electron chi connectivity index (χ0n) is 19.0. The van der Waals surface area contributed by atoms with E-state index in [9.17, 15) is 14.4 Å². The van der Waals surface area contributed by atoms with Crippen molar-refractivity contribution in [3.8, 4) is 0 Å². The number of rotatable bonds is 21. The molecule has 6 heteroatoms. The van der Waals surface area contributed by atoms with Crippen molar-refractivity contribution in [3.63, 3.8) is 0 Å². The molecule has 1 atom stereocenters. The number of carboxylic acids is 2. The standard InChI is InChI=1S/C24H44O6/c1-2-3-15-18-21(30-24(29)23(27)28)19-16-13-11-9-7-5-4-6-8-10-12-14-17-20-22(25)26/h21H,2-20H2,1H3,(H,25,26)(H,27,28). The third kappa shape index (κ3) is 19.7. The monoisotopic (exact) mass is 428 g/mol. The molecule has 0 heterocycles. The Hall–Kier alpha value is -1.59. The molecule has 6 nitrogen and oxygen atoms in total. The van der Waals surface area contributed by atoms with Gasteiger partial charge in [-0.25, -0.2) is 9.59 Å². The van der Waals surface area contributed by atoms with E-state index in [-0.39, 0.29) is 6.10 Å². The summed E-state index contributed by atoms with van der Waals surface area (Å²) in [6, 6.07) is 0. The number of carboxylic acid groups (broad SMARTS) is 2. The van der Waals surface area contributed by atoms with E-state index in [0.29, 0.717) is 6.42 Å². The molecule has 0 amide bonds. The van der Waals surface area contributed by atoms with Crippen LogP contribution in [0.1, 0.15) is 129 Å². The van der Waals surface area contributed by atoms with E-state index >= 15 is 0 Å². The minimum absolute atomic E-state index is 0.260. The van der Waals surface area contributed by atoms with E-state index in [0.717, 1.165) is 64.2 Å². The number of esters is 1. The molecule has 0 aromatic heterocycles. The minimum Gasteiger partial charge on any atom is -0.481 e. The van der Waals surface area contributed by atoms with Crippen LogP contribution in [0.3, 0.4) is 0 Å². The second kappa shape index (κ2) is 20.7. The Labute approximate surface area is 182 Å². The first-order valence-corrected chi connectivity index (χ1v) is 12.1. The predicted octanol–water partition coefficient (Wildman–Crippen LogP) is 6.50. The van der Waals surface area contributed by atoms with Crippen molar-refractivity contribution in [2.75, 3.05) is 0 Å². The summed E-state index contributed by atoms with van der Waals surface area (Å²) in [7, 11) is 0. The molecule has 176 valence electrons. The second-order valence-electron chi connectivity index (χ2n) is 8.36. The fourth-order valence-corrected chi connectivity index (χ4v) is 3.68. The summed E-state index contributed by atoms with van der Waals surface area (Å²) < 4.78 is 5.12. The Bertz CT molecular complexity index is 449. The molecule has 0 fully saturated rings. The first kappa shape index (κ1) is 28.4. The summed E-state index contributed by atoms with van der Waals surface area (Å²) in [6.07, 6.45) is 19.7. The number of unbranched alkanes of at least 4 members (excludes halogenated alkanes) is 14. The second-order valence-corrected chi connectivity index (χ2v) is 8.36. The number of hydrogen-bond acceptors (Lipinski definition) is 4. The molecule has 2 N–H and O–H groups in total. The Balaban J connectivity index is 3.54. The van der Waals surface area contributed by atoms with Crippen LogP contribution in [0.2, 0.25) is 0 Å². The molecule has 1 unspecified atom stereocenters. The zero-order valence-corrected chi connectivity index (χ0v) is 19.0. The number of carbonyl (C=O) groups is 3. The van der Waals surface area contributed by atoms with Gasteiger partial charge in [-0.2, -0.15) is 0 Å². The van der Waals surface area contributed by atoms with Gasteiger partial charge in [0.1, 0.15) is 6.10 Å². The van der Waals surface area contributed by atoms with Crippen molar-refractivity contribution in [2.24, 2.45) is 0 Å². The highest BCUT2D eigenvalue weighted by atomic mass is 16.6. The van der Waals surface area contributed by atoms with Crippen LogP contribution in [-0.4, -0.2) is 34.2 Å². The number of hydrogen-bond donors (Lipinski definition) is 2. The van der Waals surface area contributed by atoms with Gasteiger partial charge in [-0.1, -0.05) is 90.4 Å². The van der Waals surface area contributed by atoms with Gasteiger partial charge in [-0.05, 0) is 32.1 Å². The highest BCUT2D eigenvalue weighted by Crippen LogP contribution is 2.17. The highest BCUT2D eigenvalue weighted by molar-refractivity contribution is 6.28. The summed E-state index contributed by atoms with van der Waals surface area (Å²) in [6.45, 7) is 2.11. The van der Waals surface area contributed by atoms with Gasteiger partial charge >= 0.3 is 17.9 Å². The SMILES string of the molecule is CCCCCC(CCCCCCCCCCCCCCCC(=O)O)OC(=O)C(=O)O. The third-order valence-electron chi connectivity index (χ3n) is 5.49. The Kier molecular flexibility index (Phi) is 19.6. The summed E-state index contributed by atoms with van der Waals surface area (Å²) in [4.78, 5) is 32.4. The van der Waals surface area contributed by atoms with Crippen LogP contribution in [0.15, 0.2) is 0 Å². The lowest BCUT2D eigenvalue weighted by molar-refractivity contribution is -0.167. The number of aliphatic carboxylic acids is 2. The molecule has 0 rings (SSSR count). The van der Waals surface area contributed by atoms with E-state index in [4.69, 9.17) is 14.9 Å². The molecule has 0 spiro atoms. The quantitative estimate of drug-likeness (QED) is 0.123. The van der Waals surface area contributed by atoms with Crippen molar-refractivity contribution in [1.82, 2.24) is 0 Å². The van der Waals surface area contributed by atoms with Crippen LogP contribution < -0.4 is 0 Å². The average molecular weight is 429 g/mol. The molecular weight excluding hydrogens is 384 g/mol. The lowest BCUT2D eigenvalue weighted by atomic mass is 10.0. The molecule has 0 saturated carbocycles. The van der Waals surface area contributed by atoms with Crippen LogP contribution in [0.25, 0.3) is 0 Å². The van der Waals surface area contributed by atoms with Crippen molar-refractivity contribution < 1.29 is 29.3 Å². The number of carbonyl (C=O) groups excluding carboxylic acids is 1. The van der Waals surface area contributed by atoms with Gasteiger partial charge in [0.05, 0.1) is 0 Å². The van der Waals surface area contributed by atoms with E-state index in [2.05, 4.69) is 6.92 Å². The molecule has 0 aliphatic carbocycles. The highest BCUT2D eigenvalue weighted by Gasteiger charge is 2.19. The van der Waals surface area contributed by atoms with Crippen LogP contribution in [0, 0.1) is 0 Å². The lowest BCUT2D eigenvalue weighted by Gasteiger charge is -2.16. The molecular formula is C24H44O6. The van der Waals surface area contributed by atoms with E-state index < -0.39 is 17.9 Å². The Morgan fingerprint density at radius 1 is 0.633 bits per heavy atom. The summed E-state index contributed by atoms with van der Waals surface area (Å²) in [5.41, 5.74) is 0. The molecule has 0 aromatic carbocycles. The Morgan fingerprint density at radius 2 is 1.03 bits per heavy atom. The van der Waals surface area contributed by atoms with Gasteiger partial charge in [-0.15, -0.1) is 0 Å². The largest absolute Gasteiger partial charge is 0.481 e. The first-order chi connectivity index (χ1) is 14.5. The smallest absolute Gasteiger partial charge is 0.417 e. The minimum atomic E-state index is -1.51. The summed E-state index contributed by atoms with van der Waals surface area (Å²) in [5.74, 6) is -3.33. The van der Waals surface area contributed by atoms with Crippen LogP contribution in [-0.2, 0) is 19.1 Å². The van der Waals surface area contributed by atoms with E-state index in [1.165, 1.54) is 51.4 Å². The molecule has 0 aliphatic rings. The number of ether oxygens (including phenoxy) is 1. The van der Waals surface area contributed by atoms with Gasteiger partial charge in [0, 0.05) is 6.42 Å². The third-order valence-corrected chi connectivity index (χ3v) is 5.49. The van der Waals surface area contributed by atoms with Gasteiger partial charge in [0.15, 0.2) is 0 Å². The van der Waals surface area contributed by atoms with Crippen molar-refractivity contribution in [2.45, 2.75) is 135 Å². The summed E-state index contributed by atoms with van der Waals surface area (Å²) in [5, 5.41) is 17.3. The Morgan fingerprint density at radius 3 is 1.43 bits per heavy atom. The van der Waals surface area contributed by atoms with Gasteiger partial charge < -0.3 is 14.9 Å². The normalized spacial score (nSPS) is 11.9. The molecule has 0 aliphatic heterocycles. The van der Waals surface area contributed by atoms with E-state index in [1.54, 1.807) is 0 Å². The topological polar surface area (TPSA) is 101 Å². The van der Waals surface area contributed by atoms with Crippen LogP contribution in [0.5, 0.6) is 0 Å². The molecule has 0 radical (unpaired) electrons. The maximum absolute atomic E-state index is 11.3. The van der Waals surface area contributed by atoms with Crippen LogP contribution in [0.4, 0.5) is 0 Å². The molecule has 0 bridgehead atoms. The fourth-order valence-electron chi connectivity index (χ4n) is 3.68. The maximum atomic E-state index is 11.3. The summed E-state index contributed by atoms with van der Waals surface area (Å²) >= 11 is 0. The van der Waals surface area contributed by atoms with Gasteiger partial charge in [-0.3, -0.25) is 4.79 Å². The maximum Gasteiger partial charge on any atom is 0.417 e. The van der Waals surface area contributed by atoms with Crippen molar-refractivity contribution in [3.05, 3.63) is 0 Å². The average Bonchev–Trinajstić information content (AvgIpc) is 2.70. The predicted molar refractivity (Wildman–Crippen MR) is 119 cm³/mol. The fraction of sp³-hybridized carbons (Fsp3) is 0.875. The zero-order chi connectivity index (χ0) is 22.5. The first-order valence-electron chi connectivity index (χ1n) is 12.1.